The van der Waals surface area contributed by atoms with E-state index < -0.39 is 24.0 Å². The monoisotopic (exact) mass is 384 g/mol. The topological polar surface area (TPSA) is 89.8 Å². The average Bonchev–Trinajstić information content (AvgIpc) is 3.20. The van der Waals surface area contributed by atoms with E-state index in [1.165, 1.54) is 6.26 Å². The average molecular weight is 384 g/mol. The van der Waals surface area contributed by atoms with Gasteiger partial charge in [-0.2, -0.15) is 0 Å². The maximum absolute atomic E-state index is 12.8. The summed E-state index contributed by atoms with van der Waals surface area (Å²) in [5, 5.41) is 5.37. The molecular weight excluding hydrogens is 360 g/mol. The van der Waals surface area contributed by atoms with Crippen molar-refractivity contribution in [1.29, 1.82) is 0 Å². The van der Waals surface area contributed by atoms with Gasteiger partial charge in [-0.15, -0.1) is 0 Å². The number of carbonyl (C=O) groups is 2. The second-order valence-electron chi connectivity index (χ2n) is 6.51. The second kappa shape index (κ2) is 9.12. The normalized spacial score (nSPS) is 18.9. The number of ether oxygens (including phenoxy) is 2. The van der Waals surface area contributed by atoms with E-state index in [-0.39, 0.29) is 12.3 Å². The van der Waals surface area contributed by atoms with Crippen LogP contribution in [0.1, 0.15) is 37.1 Å². The molecule has 1 aromatic carbocycles. The highest BCUT2D eigenvalue weighted by molar-refractivity contribution is 5.85. The molecule has 28 heavy (non-hydrogen) atoms. The van der Waals surface area contributed by atoms with Gasteiger partial charge in [-0.3, -0.25) is 4.79 Å². The van der Waals surface area contributed by atoms with E-state index in [0.29, 0.717) is 23.7 Å². The molecule has 1 aliphatic heterocycles. The van der Waals surface area contributed by atoms with Gasteiger partial charge in [0.05, 0.1) is 18.9 Å². The molecule has 3 rings (SSSR count). The molecule has 0 radical (unpaired) electrons. The van der Waals surface area contributed by atoms with Gasteiger partial charge in [0.1, 0.15) is 24.0 Å². The van der Waals surface area contributed by atoms with E-state index in [1.807, 2.05) is 24.3 Å². The number of carbonyl (C=O) groups excluding carboxylic acids is 2. The highest BCUT2D eigenvalue weighted by Crippen LogP contribution is 2.35. The summed E-state index contributed by atoms with van der Waals surface area (Å²) >= 11 is 0. The quantitative estimate of drug-likeness (QED) is 0.535. The van der Waals surface area contributed by atoms with E-state index in [0.717, 1.165) is 12.8 Å². The molecule has 2 atom stereocenters. The first-order valence-electron chi connectivity index (χ1n) is 9.27. The zero-order chi connectivity index (χ0) is 19.9. The van der Waals surface area contributed by atoms with Crippen molar-refractivity contribution in [1.82, 2.24) is 10.6 Å². The maximum Gasteiger partial charge on any atom is 0.319 e. The molecule has 0 saturated carbocycles. The number of hydrogen-bond donors (Lipinski definition) is 2. The van der Waals surface area contributed by atoms with E-state index in [9.17, 15) is 9.59 Å². The molecule has 1 aliphatic rings. The van der Waals surface area contributed by atoms with Crippen LogP contribution in [0.2, 0.25) is 0 Å². The molecular formula is C21H24N2O5. The summed E-state index contributed by atoms with van der Waals surface area (Å²) in [5.41, 5.74) is 0.983. The molecule has 2 amide bonds. The Morgan fingerprint density at radius 1 is 1.25 bits per heavy atom. The van der Waals surface area contributed by atoms with Crippen LogP contribution in [0.3, 0.4) is 0 Å². The van der Waals surface area contributed by atoms with Gasteiger partial charge in [0.15, 0.2) is 0 Å². The number of para-hydroxylation sites is 1. The molecule has 2 heterocycles. The number of benzene rings is 1. The molecule has 2 aromatic rings. The van der Waals surface area contributed by atoms with Crippen molar-refractivity contribution in [2.75, 3.05) is 6.61 Å². The molecule has 0 spiro atoms. The predicted molar refractivity (Wildman–Crippen MR) is 102 cm³/mol. The third kappa shape index (κ3) is 4.54. The highest BCUT2D eigenvalue weighted by Gasteiger charge is 2.40. The molecule has 0 aliphatic carbocycles. The summed E-state index contributed by atoms with van der Waals surface area (Å²) in [5.74, 6) is -0.155. The molecule has 7 heteroatoms. The summed E-state index contributed by atoms with van der Waals surface area (Å²) in [6.45, 7) is 6.50. The van der Waals surface area contributed by atoms with Gasteiger partial charge >= 0.3 is 12.0 Å². The first-order chi connectivity index (χ1) is 13.6. The van der Waals surface area contributed by atoms with Crippen molar-refractivity contribution in [3.05, 3.63) is 66.3 Å². The van der Waals surface area contributed by atoms with Gasteiger partial charge in [0.25, 0.3) is 0 Å². The Hall–Kier alpha value is -3.22. The molecule has 0 bridgehead atoms. The highest BCUT2D eigenvalue weighted by atomic mass is 16.5. The lowest BCUT2D eigenvalue weighted by Crippen LogP contribution is -2.51. The van der Waals surface area contributed by atoms with Crippen molar-refractivity contribution in [3.8, 4) is 5.75 Å². The zero-order valence-electron chi connectivity index (χ0n) is 15.8. The first kappa shape index (κ1) is 19.5. The van der Waals surface area contributed by atoms with Crippen LogP contribution in [0, 0.1) is 5.92 Å². The Balaban J connectivity index is 1.82. The van der Waals surface area contributed by atoms with Crippen molar-refractivity contribution < 1.29 is 23.5 Å². The molecule has 1 fully saturated rings. The number of nitrogens with one attached hydrogen (secondary N) is 2. The van der Waals surface area contributed by atoms with Crippen molar-refractivity contribution in [2.24, 2.45) is 5.92 Å². The summed E-state index contributed by atoms with van der Waals surface area (Å²) in [6.07, 6.45) is 3.43. The van der Waals surface area contributed by atoms with Crippen LogP contribution in [0.5, 0.6) is 5.75 Å². The minimum absolute atomic E-state index is 0.00489. The summed E-state index contributed by atoms with van der Waals surface area (Å²) in [7, 11) is 0. The van der Waals surface area contributed by atoms with Gasteiger partial charge in [-0.1, -0.05) is 38.1 Å². The lowest BCUT2D eigenvalue weighted by atomic mass is 9.88. The molecule has 148 valence electrons. The fraction of sp³-hybridized carbons (Fsp3) is 0.333. The van der Waals surface area contributed by atoms with Gasteiger partial charge < -0.3 is 24.5 Å². The maximum atomic E-state index is 12.8. The lowest BCUT2D eigenvalue weighted by Gasteiger charge is -2.33. The third-order valence-corrected chi connectivity index (χ3v) is 4.47. The number of unbranched alkanes of at least 4 members (excludes halogenated alkanes) is 1. The number of amides is 2. The zero-order valence-corrected chi connectivity index (χ0v) is 15.8. The fourth-order valence-corrected chi connectivity index (χ4v) is 3.04. The SMILES string of the molecule is C=C1NC(=O)N[C@H](c2ccccc2OCCCC)[C@H]1C(=O)OCc1ccco1. The van der Waals surface area contributed by atoms with E-state index in [1.54, 1.807) is 12.1 Å². The summed E-state index contributed by atoms with van der Waals surface area (Å²) < 4.78 is 16.5. The minimum atomic E-state index is -0.802. The second-order valence-corrected chi connectivity index (χ2v) is 6.51. The molecule has 0 unspecified atom stereocenters. The largest absolute Gasteiger partial charge is 0.493 e. The Morgan fingerprint density at radius 3 is 2.82 bits per heavy atom. The first-order valence-corrected chi connectivity index (χ1v) is 9.27. The number of urea groups is 1. The van der Waals surface area contributed by atoms with Crippen molar-refractivity contribution in [2.45, 2.75) is 32.4 Å². The van der Waals surface area contributed by atoms with Gasteiger partial charge in [0, 0.05) is 11.3 Å². The van der Waals surface area contributed by atoms with Crippen molar-refractivity contribution in [3.63, 3.8) is 0 Å². The smallest absolute Gasteiger partial charge is 0.319 e. The fourth-order valence-electron chi connectivity index (χ4n) is 3.04. The number of furan rings is 1. The van der Waals surface area contributed by atoms with Gasteiger partial charge in [-0.25, -0.2) is 4.79 Å². The standard InChI is InChI=1S/C21H24N2O5/c1-3-4-11-27-17-10-6-5-9-16(17)19-18(14(2)22-21(25)23-19)20(24)28-13-15-8-7-12-26-15/h5-10,12,18-19H,2-4,11,13H2,1H3,(H2,22,23,25)/t18-,19+/m0/s1. The Kier molecular flexibility index (Phi) is 6.37. The van der Waals surface area contributed by atoms with E-state index in [2.05, 4.69) is 24.1 Å². The third-order valence-electron chi connectivity index (χ3n) is 4.47. The van der Waals surface area contributed by atoms with E-state index in [4.69, 9.17) is 13.9 Å². The van der Waals surface area contributed by atoms with Crippen LogP contribution in [-0.4, -0.2) is 18.6 Å². The van der Waals surface area contributed by atoms with Crippen LogP contribution in [0.25, 0.3) is 0 Å². The van der Waals surface area contributed by atoms with Crippen LogP contribution >= 0.6 is 0 Å². The lowest BCUT2D eigenvalue weighted by molar-refractivity contribution is -0.150. The molecule has 2 N–H and O–H groups in total. The van der Waals surface area contributed by atoms with Crippen LogP contribution in [-0.2, 0) is 16.1 Å². The Labute approximate surface area is 163 Å². The van der Waals surface area contributed by atoms with Crippen LogP contribution < -0.4 is 15.4 Å². The Bertz CT molecular complexity index is 831. The predicted octanol–water partition coefficient (Wildman–Crippen LogP) is 3.69. The summed E-state index contributed by atoms with van der Waals surface area (Å²) in [4.78, 5) is 24.9. The number of hydrogen-bond acceptors (Lipinski definition) is 5. The Morgan fingerprint density at radius 2 is 2.07 bits per heavy atom. The minimum Gasteiger partial charge on any atom is -0.493 e. The van der Waals surface area contributed by atoms with Gasteiger partial charge in [0.2, 0.25) is 0 Å². The van der Waals surface area contributed by atoms with E-state index >= 15 is 0 Å². The van der Waals surface area contributed by atoms with Crippen LogP contribution in [0.4, 0.5) is 4.79 Å². The van der Waals surface area contributed by atoms with Crippen LogP contribution in [0.15, 0.2) is 59.4 Å². The number of rotatable bonds is 8. The summed E-state index contributed by atoms with van der Waals surface area (Å²) in [6, 6.07) is 9.72. The van der Waals surface area contributed by atoms with Gasteiger partial charge in [-0.05, 0) is 24.6 Å². The molecule has 1 saturated heterocycles. The molecule has 1 aromatic heterocycles. The van der Waals surface area contributed by atoms with Crippen molar-refractivity contribution >= 4 is 12.0 Å². The molecule has 7 nitrogen and oxygen atoms in total. The number of esters is 1.